The molecular formula is C13H25NO3. The molecule has 0 radical (unpaired) electrons. The Morgan fingerprint density at radius 1 is 1.53 bits per heavy atom. The van der Waals surface area contributed by atoms with Crippen LogP contribution < -0.4 is 5.32 Å². The Balaban J connectivity index is 2.07. The Hall–Kier alpha value is -0.610. The molecule has 0 bridgehead atoms. The van der Waals surface area contributed by atoms with Crippen LogP contribution >= 0.6 is 0 Å². The second-order valence-electron chi connectivity index (χ2n) is 4.99. The van der Waals surface area contributed by atoms with E-state index in [0.717, 1.165) is 18.4 Å². The highest BCUT2D eigenvalue weighted by molar-refractivity contribution is 5.69. The second kappa shape index (κ2) is 7.67. The molecule has 4 nitrogen and oxygen atoms in total. The van der Waals surface area contributed by atoms with Gasteiger partial charge in [-0.15, -0.1) is 0 Å². The Bertz CT molecular complexity index is 233. The molecule has 0 amide bonds. The minimum Gasteiger partial charge on any atom is -0.466 e. The summed E-state index contributed by atoms with van der Waals surface area (Å²) in [6.07, 6.45) is 3.37. The molecule has 0 spiro atoms. The number of ether oxygens (including phenoxy) is 1. The minimum atomic E-state index is -0.634. The third-order valence-electron chi connectivity index (χ3n) is 3.53. The van der Waals surface area contributed by atoms with Crippen molar-refractivity contribution in [2.75, 3.05) is 19.7 Å². The molecule has 1 saturated carbocycles. The fraction of sp³-hybridized carbons (Fsp3) is 0.923. The van der Waals surface area contributed by atoms with E-state index in [0.29, 0.717) is 13.2 Å². The summed E-state index contributed by atoms with van der Waals surface area (Å²) in [5.41, 5.74) is 0. The van der Waals surface area contributed by atoms with Crippen LogP contribution in [-0.4, -0.2) is 36.9 Å². The molecule has 1 rings (SSSR count). The first kappa shape index (κ1) is 14.5. The van der Waals surface area contributed by atoms with Crippen molar-refractivity contribution in [2.24, 2.45) is 11.8 Å². The van der Waals surface area contributed by atoms with E-state index < -0.39 is 6.10 Å². The van der Waals surface area contributed by atoms with E-state index in [1.165, 1.54) is 19.3 Å². The molecule has 1 aliphatic rings. The zero-order chi connectivity index (χ0) is 12.7. The lowest BCUT2D eigenvalue weighted by molar-refractivity contribution is -0.145. The zero-order valence-corrected chi connectivity index (χ0v) is 10.9. The molecule has 3 unspecified atom stereocenters. The first-order valence-corrected chi connectivity index (χ1v) is 6.67. The molecule has 2 N–H and O–H groups in total. The van der Waals surface area contributed by atoms with Gasteiger partial charge in [-0.2, -0.15) is 0 Å². The molecule has 0 aliphatic heterocycles. The predicted molar refractivity (Wildman–Crippen MR) is 66.6 cm³/mol. The lowest BCUT2D eigenvalue weighted by atomic mass is 9.98. The van der Waals surface area contributed by atoms with Crippen LogP contribution in [0.5, 0.6) is 0 Å². The van der Waals surface area contributed by atoms with Crippen molar-refractivity contribution in [2.45, 2.75) is 45.6 Å². The number of nitrogens with one attached hydrogen (secondary N) is 1. The molecule has 100 valence electrons. The van der Waals surface area contributed by atoms with Gasteiger partial charge in [0, 0.05) is 6.54 Å². The lowest BCUT2D eigenvalue weighted by Gasteiger charge is -2.17. The van der Waals surface area contributed by atoms with Crippen LogP contribution in [0.4, 0.5) is 0 Å². The summed E-state index contributed by atoms with van der Waals surface area (Å²) < 4.78 is 4.78. The number of aliphatic hydroxyl groups excluding tert-OH is 1. The van der Waals surface area contributed by atoms with Crippen molar-refractivity contribution < 1.29 is 14.6 Å². The normalized spacial score (nSPS) is 25.8. The number of hydrogen-bond acceptors (Lipinski definition) is 4. The van der Waals surface area contributed by atoms with Gasteiger partial charge in [0.15, 0.2) is 0 Å². The average Bonchev–Trinajstić information content (AvgIpc) is 2.64. The van der Waals surface area contributed by atoms with Crippen LogP contribution in [0.15, 0.2) is 0 Å². The number of aliphatic hydroxyl groups is 1. The molecule has 1 aliphatic carbocycles. The van der Waals surface area contributed by atoms with Gasteiger partial charge in [0.1, 0.15) is 0 Å². The van der Waals surface area contributed by atoms with Gasteiger partial charge in [0.2, 0.25) is 0 Å². The first-order valence-electron chi connectivity index (χ1n) is 6.67. The van der Waals surface area contributed by atoms with Gasteiger partial charge in [-0.05, 0) is 31.7 Å². The van der Waals surface area contributed by atoms with E-state index in [4.69, 9.17) is 4.74 Å². The third-order valence-corrected chi connectivity index (χ3v) is 3.53. The summed E-state index contributed by atoms with van der Waals surface area (Å²) in [4.78, 5) is 11.1. The number of carbonyl (C=O) groups is 1. The molecule has 3 atom stereocenters. The Labute approximate surface area is 104 Å². The largest absolute Gasteiger partial charge is 0.466 e. The first-order chi connectivity index (χ1) is 8.13. The highest BCUT2D eigenvalue weighted by atomic mass is 16.5. The number of rotatable bonds is 7. The van der Waals surface area contributed by atoms with Crippen molar-refractivity contribution in [1.29, 1.82) is 0 Å². The molecule has 0 heterocycles. The Morgan fingerprint density at radius 3 is 2.88 bits per heavy atom. The number of hydrogen-bond donors (Lipinski definition) is 2. The lowest BCUT2D eigenvalue weighted by Crippen LogP contribution is -2.33. The topological polar surface area (TPSA) is 58.6 Å². The van der Waals surface area contributed by atoms with Crippen molar-refractivity contribution in [3.63, 3.8) is 0 Å². The highest BCUT2D eigenvalue weighted by Crippen LogP contribution is 2.30. The maximum Gasteiger partial charge on any atom is 0.308 e. The minimum absolute atomic E-state index is 0.0844. The van der Waals surface area contributed by atoms with Gasteiger partial charge in [0.25, 0.3) is 0 Å². The third kappa shape index (κ3) is 5.50. The maximum atomic E-state index is 11.1. The fourth-order valence-corrected chi connectivity index (χ4v) is 2.45. The second-order valence-corrected chi connectivity index (χ2v) is 4.99. The molecule has 0 saturated heterocycles. The molecule has 0 aromatic heterocycles. The quantitative estimate of drug-likeness (QED) is 0.662. The van der Waals surface area contributed by atoms with Gasteiger partial charge in [-0.3, -0.25) is 4.79 Å². The molecule has 0 aromatic rings. The summed E-state index contributed by atoms with van der Waals surface area (Å²) in [6, 6.07) is 0. The number of esters is 1. The Kier molecular flexibility index (Phi) is 6.52. The summed E-state index contributed by atoms with van der Waals surface area (Å²) in [5.74, 6) is 1.19. The zero-order valence-electron chi connectivity index (χ0n) is 10.9. The standard InChI is InChI=1S/C13H25NO3/c1-3-17-13(16)7-12(15)9-14-8-11-6-4-5-10(11)2/h10-12,14-15H,3-9H2,1-2H3. The molecule has 0 aromatic carbocycles. The molecule has 4 heteroatoms. The summed E-state index contributed by atoms with van der Waals surface area (Å²) in [7, 11) is 0. The van der Waals surface area contributed by atoms with Crippen LogP contribution in [0.2, 0.25) is 0 Å². The van der Waals surface area contributed by atoms with Crippen LogP contribution in [0, 0.1) is 11.8 Å². The van der Waals surface area contributed by atoms with E-state index in [9.17, 15) is 9.90 Å². The molecule has 1 fully saturated rings. The fourth-order valence-electron chi connectivity index (χ4n) is 2.45. The maximum absolute atomic E-state index is 11.1. The van der Waals surface area contributed by atoms with Crippen molar-refractivity contribution in [3.05, 3.63) is 0 Å². The average molecular weight is 243 g/mol. The van der Waals surface area contributed by atoms with Crippen molar-refractivity contribution in [1.82, 2.24) is 5.32 Å². The van der Waals surface area contributed by atoms with Crippen LogP contribution in [0.3, 0.4) is 0 Å². The summed E-state index contributed by atoms with van der Waals surface area (Å²) in [6.45, 7) is 5.85. The van der Waals surface area contributed by atoms with E-state index >= 15 is 0 Å². The highest BCUT2D eigenvalue weighted by Gasteiger charge is 2.23. The van der Waals surface area contributed by atoms with Crippen molar-refractivity contribution in [3.8, 4) is 0 Å². The van der Waals surface area contributed by atoms with Crippen LogP contribution in [-0.2, 0) is 9.53 Å². The van der Waals surface area contributed by atoms with Gasteiger partial charge in [0.05, 0.1) is 19.1 Å². The molecule has 17 heavy (non-hydrogen) atoms. The molecular weight excluding hydrogens is 218 g/mol. The van der Waals surface area contributed by atoms with E-state index in [1.807, 2.05) is 0 Å². The van der Waals surface area contributed by atoms with Crippen LogP contribution in [0.25, 0.3) is 0 Å². The van der Waals surface area contributed by atoms with Gasteiger partial charge < -0.3 is 15.2 Å². The van der Waals surface area contributed by atoms with E-state index in [1.54, 1.807) is 6.92 Å². The predicted octanol–water partition coefficient (Wildman–Crippen LogP) is 1.33. The van der Waals surface area contributed by atoms with Gasteiger partial charge >= 0.3 is 5.97 Å². The van der Waals surface area contributed by atoms with Crippen LogP contribution in [0.1, 0.15) is 39.5 Å². The monoisotopic (exact) mass is 243 g/mol. The van der Waals surface area contributed by atoms with E-state index in [-0.39, 0.29) is 12.4 Å². The summed E-state index contributed by atoms with van der Waals surface area (Å²) in [5, 5.41) is 12.9. The Morgan fingerprint density at radius 2 is 2.29 bits per heavy atom. The van der Waals surface area contributed by atoms with E-state index in [2.05, 4.69) is 12.2 Å². The van der Waals surface area contributed by atoms with Gasteiger partial charge in [-0.1, -0.05) is 19.8 Å². The smallest absolute Gasteiger partial charge is 0.308 e. The number of carbonyl (C=O) groups excluding carboxylic acids is 1. The van der Waals surface area contributed by atoms with Crippen molar-refractivity contribution >= 4 is 5.97 Å². The summed E-state index contributed by atoms with van der Waals surface area (Å²) >= 11 is 0. The SMILES string of the molecule is CCOC(=O)CC(O)CNCC1CCCC1C. The van der Waals surface area contributed by atoms with Gasteiger partial charge in [-0.25, -0.2) is 0 Å².